The van der Waals surface area contributed by atoms with E-state index in [-0.39, 0.29) is 5.92 Å². The van der Waals surface area contributed by atoms with Gasteiger partial charge in [0.15, 0.2) is 0 Å². The van der Waals surface area contributed by atoms with E-state index in [1.807, 2.05) is 32.0 Å². The third kappa shape index (κ3) is 4.26. The summed E-state index contributed by atoms with van der Waals surface area (Å²) in [7, 11) is 0. The number of benzene rings is 1. The van der Waals surface area contributed by atoms with Crippen LogP contribution in [0.3, 0.4) is 0 Å². The number of hydrogen-bond donors (Lipinski definition) is 0. The van der Waals surface area contributed by atoms with Crippen LogP contribution in [0.4, 0.5) is 0 Å². The largest absolute Gasteiger partial charge is 0.299 e. The van der Waals surface area contributed by atoms with Crippen molar-refractivity contribution in [1.82, 2.24) is 0 Å². The van der Waals surface area contributed by atoms with E-state index < -0.39 is 0 Å². The third-order valence-corrected chi connectivity index (χ3v) is 3.37. The molecule has 0 spiro atoms. The molecule has 3 heteroatoms. The highest BCUT2D eigenvalue weighted by Crippen LogP contribution is 2.22. The van der Waals surface area contributed by atoms with Gasteiger partial charge < -0.3 is 0 Å². The van der Waals surface area contributed by atoms with Gasteiger partial charge in [0.05, 0.1) is 0 Å². The van der Waals surface area contributed by atoms with Crippen LogP contribution in [0.2, 0.25) is 5.02 Å². The summed E-state index contributed by atoms with van der Waals surface area (Å²) < 4.78 is 0.986. The van der Waals surface area contributed by atoms with Crippen molar-refractivity contribution in [2.45, 2.75) is 33.1 Å². The van der Waals surface area contributed by atoms with Crippen LogP contribution in [0.15, 0.2) is 22.7 Å². The van der Waals surface area contributed by atoms with E-state index in [4.69, 9.17) is 11.6 Å². The van der Waals surface area contributed by atoms with Gasteiger partial charge in [-0.2, -0.15) is 0 Å². The van der Waals surface area contributed by atoms with E-state index in [2.05, 4.69) is 15.9 Å². The van der Waals surface area contributed by atoms with Crippen LogP contribution in [0.25, 0.3) is 0 Å². The van der Waals surface area contributed by atoms with Crippen LogP contribution in [0.1, 0.15) is 32.3 Å². The first kappa shape index (κ1) is 13.7. The lowest BCUT2D eigenvalue weighted by atomic mass is 10.0. The molecule has 0 aliphatic heterocycles. The minimum atomic E-state index is 0.139. The van der Waals surface area contributed by atoms with Crippen molar-refractivity contribution in [3.63, 3.8) is 0 Å². The SMILES string of the molecule is CC(C)C(=O)CCCc1ccc(Br)cc1Cl. The van der Waals surface area contributed by atoms with Crippen molar-refractivity contribution in [3.8, 4) is 0 Å². The number of hydrogen-bond acceptors (Lipinski definition) is 1. The summed E-state index contributed by atoms with van der Waals surface area (Å²) in [5.41, 5.74) is 1.11. The molecule has 0 aliphatic rings. The molecule has 1 nitrogen and oxygen atoms in total. The number of carbonyl (C=O) groups is 1. The minimum absolute atomic E-state index is 0.139. The highest BCUT2D eigenvalue weighted by Gasteiger charge is 2.07. The van der Waals surface area contributed by atoms with Crippen molar-refractivity contribution in [2.24, 2.45) is 5.92 Å². The number of halogens is 2. The van der Waals surface area contributed by atoms with E-state index in [9.17, 15) is 4.79 Å². The molecule has 0 radical (unpaired) electrons. The summed E-state index contributed by atoms with van der Waals surface area (Å²) in [4.78, 5) is 11.4. The van der Waals surface area contributed by atoms with E-state index in [1.54, 1.807) is 0 Å². The van der Waals surface area contributed by atoms with Crippen molar-refractivity contribution >= 4 is 33.3 Å². The molecule has 1 aromatic carbocycles. The molecule has 0 fully saturated rings. The van der Waals surface area contributed by atoms with Crippen LogP contribution >= 0.6 is 27.5 Å². The smallest absolute Gasteiger partial charge is 0.135 e. The molecule has 0 N–H and O–H groups in total. The molecule has 0 amide bonds. The first-order valence-corrected chi connectivity index (χ1v) is 6.64. The van der Waals surface area contributed by atoms with Crippen LogP contribution in [0.5, 0.6) is 0 Å². The number of ketones is 1. The Morgan fingerprint density at radius 2 is 2.12 bits per heavy atom. The van der Waals surface area contributed by atoms with Crippen LogP contribution in [-0.2, 0) is 11.2 Å². The third-order valence-electron chi connectivity index (χ3n) is 2.53. The Hall–Kier alpha value is -0.340. The van der Waals surface area contributed by atoms with Gasteiger partial charge in [0.2, 0.25) is 0 Å². The molecule has 16 heavy (non-hydrogen) atoms. The second kappa shape index (κ2) is 6.41. The molecule has 0 aliphatic carbocycles. The normalized spacial score (nSPS) is 10.8. The zero-order valence-electron chi connectivity index (χ0n) is 9.59. The average molecular weight is 304 g/mol. The second-order valence-electron chi connectivity index (χ2n) is 4.21. The van der Waals surface area contributed by atoms with Crippen molar-refractivity contribution in [3.05, 3.63) is 33.3 Å². The van der Waals surface area contributed by atoms with Gasteiger partial charge in [-0.3, -0.25) is 4.79 Å². The molecule has 1 rings (SSSR count). The number of Topliss-reactive ketones (excluding diaryl/α,β-unsaturated/α-hetero) is 1. The second-order valence-corrected chi connectivity index (χ2v) is 5.53. The summed E-state index contributed by atoms with van der Waals surface area (Å²) in [5, 5.41) is 0.770. The zero-order valence-corrected chi connectivity index (χ0v) is 11.9. The highest BCUT2D eigenvalue weighted by atomic mass is 79.9. The Bertz CT molecular complexity index is 374. The predicted octanol–water partition coefficient (Wildman–Crippen LogP) is 4.65. The van der Waals surface area contributed by atoms with Crippen molar-refractivity contribution in [1.29, 1.82) is 0 Å². The molecule has 0 atom stereocenters. The molecule has 0 unspecified atom stereocenters. The lowest BCUT2D eigenvalue weighted by Crippen LogP contribution is -2.06. The fraction of sp³-hybridized carbons (Fsp3) is 0.462. The first-order valence-electron chi connectivity index (χ1n) is 5.47. The van der Waals surface area contributed by atoms with Gasteiger partial charge in [-0.15, -0.1) is 0 Å². The van der Waals surface area contributed by atoms with Crippen LogP contribution in [-0.4, -0.2) is 5.78 Å². The summed E-state index contributed by atoms with van der Waals surface area (Å²) in [6.07, 6.45) is 2.38. The molecule has 0 saturated carbocycles. The lowest BCUT2D eigenvalue weighted by molar-refractivity contribution is -0.121. The molecule has 0 saturated heterocycles. The zero-order chi connectivity index (χ0) is 12.1. The Morgan fingerprint density at radius 1 is 1.44 bits per heavy atom. The minimum Gasteiger partial charge on any atom is -0.299 e. The Labute approximate surface area is 110 Å². The molecule has 0 aromatic heterocycles. The fourth-order valence-electron chi connectivity index (χ4n) is 1.47. The quantitative estimate of drug-likeness (QED) is 0.774. The van der Waals surface area contributed by atoms with E-state index in [0.29, 0.717) is 12.2 Å². The molecular formula is C13H16BrClO. The number of aryl methyl sites for hydroxylation is 1. The van der Waals surface area contributed by atoms with E-state index in [1.165, 1.54) is 0 Å². The predicted molar refractivity (Wildman–Crippen MR) is 71.9 cm³/mol. The summed E-state index contributed by atoms with van der Waals surface area (Å²) >= 11 is 9.46. The first-order chi connectivity index (χ1) is 7.50. The van der Waals surface area contributed by atoms with E-state index in [0.717, 1.165) is 27.9 Å². The van der Waals surface area contributed by atoms with Gasteiger partial charge in [-0.25, -0.2) is 0 Å². The van der Waals surface area contributed by atoms with Crippen LogP contribution < -0.4 is 0 Å². The van der Waals surface area contributed by atoms with Gasteiger partial charge in [0.1, 0.15) is 5.78 Å². The number of carbonyl (C=O) groups excluding carboxylic acids is 1. The van der Waals surface area contributed by atoms with Crippen molar-refractivity contribution in [2.75, 3.05) is 0 Å². The lowest BCUT2D eigenvalue weighted by Gasteiger charge is -2.06. The maximum atomic E-state index is 11.4. The Kier molecular flexibility index (Phi) is 5.50. The van der Waals surface area contributed by atoms with Gasteiger partial charge in [0, 0.05) is 21.8 Å². The highest BCUT2D eigenvalue weighted by molar-refractivity contribution is 9.10. The maximum absolute atomic E-state index is 11.4. The van der Waals surface area contributed by atoms with Crippen LogP contribution in [0, 0.1) is 5.92 Å². The maximum Gasteiger partial charge on any atom is 0.135 e. The van der Waals surface area contributed by atoms with Gasteiger partial charge in [-0.1, -0.05) is 47.4 Å². The Morgan fingerprint density at radius 3 is 2.69 bits per heavy atom. The summed E-state index contributed by atoms with van der Waals surface area (Å²) in [6, 6.07) is 5.87. The summed E-state index contributed by atoms with van der Waals surface area (Å²) in [6.45, 7) is 3.88. The number of rotatable bonds is 5. The molecule has 0 heterocycles. The monoisotopic (exact) mass is 302 g/mol. The standard InChI is InChI=1S/C13H16BrClO/c1-9(2)13(16)5-3-4-10-6-7-11(14)8-12(10)15/h6-9H,3-5H2,1-2H3. The fourth-order valence-corrected chi connectivity index (χ4v) is 2.23. The van der Waals surface area contributed by atoms with Gasteiger partial charge in [0.25, 0.3) is 0 Å². The van der Waals surface area contributed by atoms with E-state index >= 15 is 0 Å². The average Bonchev–Trinajstić information content (AvgIpc) is 2.20. The molecule has 1 aromatic rings. The van der Waals surface area contributed by atoms with Gasteiger partial charge in [-0.05, 0) is 30.5 Å². The molecular weight excluding hydrogens is 287 g/mol. The summed E-state index contributed by atoms with van der Waals surface area (Å²) in [5.74, 6) is 0.466. The van der Waals surface area contributed by atoms with Crippen molar-refractivity contribution < 1.29 is 4.79 Å². The molecule has 88 valence electrons. The topological polar surface area (TPSA) is 17.1 Å². The Balaban J connectivity index is 2.46. The molecule has 0 bridgehead atoms. The van der Waals surface area contributed by atoms with Gasteiger partial charge >= 0.3 is 0 Å².